The normalized spacial score (nSPS) is 14.4. The Hall–Kier alpha value is -2.59. The molecule has 0 rings (SSSR count). The maximum absolute atomic E-state index is 12.4. The molecule has 0 radical (unpaired) electrons. The van der Waals surface area contributed by atoms with E-state index in [1.54, 1.807) is 30.4 Å². The Kier molecular flexibility index (Phi) is 36.5. The molecular weight excluding hydrogens is 719 g/mol. The van der Waals surface area contributed by atoms with Crippen LogP contribution in [0.4, 0.5) is 0 Å². The predicted octanol–water partition coefficient (Wildman–Crippen LogP) is 10.6. The molecule has 55 heavy (non-hydrogen) atoms. The van der Waals surface area contributed by atoms with Gasteiger partial charge in [-0.25, -0.2) is 4.57 Å². The molecule has 0 aromatic rings. The maximum Gasteiger partial charge on any atom is 0.469 e. The highest BCUT2D eigenvalue weighted by Gasteiger charge is 2.22. The first kappa shape index (κ1) is 52.4. The standard InChI is InChI=1S/C44H75O10P/c1-3-5-7-8-9-10-11-12-13-14-15-16-17-21-24-30-36-43(47)52-38-42(39-53-55(49,50)51)54-44(48)37-31-25-29-35-41(46)34-28-23-20-18-19-22-27-33-40(45)32-26-6-4-2/h6,19-20,22-23,26-29,33-35,40-42,45-46H,3-5,7-18,21,24-25,30-32,36-39H2,1-2H3,(H2,49,50,51)/b22-19-,23-20-,26-6-,33-27+,34-28+,35-29-/t40-,41-,42+/m0/s1. The van der Waals surface area contributed by atoms with Crippen molar-refractivity contribution in [2.75, 3.05) is 13.2 Å². The van der Waals surface area contributed by atoms with E-state index in [0.717, 1.165) is 25.7 Å². The molecule has 0 saturated heterocycles. The molecule has 0 aromatic heterocycles. The van der Waals surface area contributed by atoms with E-state index in [2.05, 4.69) is 18.4 Å². The Balaban J connectivity index is 4.19. The topological polar surface area (TPSA) is 160 Å². The summed E-state index contributed by atoms with van der Waals surface area (Å²) in [6.07, 6.45) is 42.7. The summed E-state index contributed by atoms with van der Waals surface area (Å²) in [4.78, 5) is 42.8. The fraction of sp³-hybridized carbons (Fsp3) is 0.682. The van der Waals surface area contributed by atoms with Crippen LogP contribution in [0.25, 0.3) is 0 Å². The van der Waals surface area contributed by atoms with Gasteiger partial charge in [0.05, 0.1) is 18.8 Å². The van der Waals surface area contributed by atoms with Crippen LogP contribution in [0.1, 0.15) is 162 Å². The van der Waals surface area contributed by atoms with Crippen LogP contribution in [0.5, 0.6) is 0 Å². The van der Waals surface area contributed by atoms with Crippen molar-refractivity contribution in [1.29, 1.82) is 0 Å². The molecule has 0 amide bonds. The summed E-state index contributed by atoms with van der Waals surface area (Å²) in [5, 5.41) is 19.9. The predicted molar refractivity (Wildman–Crippen MR) is 223 cm³/mol. The summed E-state index contributed by atoms with van der Waals surface area (Å²) in [7, 11) is -4.81. The summed E-state index contributed by atoms with van der Waals surface area (Å²) in [6.45, 7) is 3.34. The van der Waals surface area contributed by atoms with Gasteiger partial charge in [0.1, 0.15) is 6.61 Å². The summed E-state index contributed by atoms with van der Waals surface area (Å²) in [6, 6.07) is 0. The Morgan fingerprint density at radius 1 is 0.600 bits per heavy atom. The van der Waals surface area contributed by atoms with Crippen molar-refractivity contribution in [2.24, 2.45) is 0 Å². The Morgan fingerprint density at radius 3 is 1.71 bits per heavy atom. The second-order valence-corrected chi connectivity index (χ2v) is 15.2. The Bertz CT molecular complexity index is 1150. The zero-order valence-corrected chi connectivity index (χ0v) is 34.9. The number of rotatable bonds is 37. The third-order valence-corrected chi connectivity index (χ3v) is 9.15. The molecule has 0 aromatic carbocycles. The first-order valence-electron chi connectivity index (χ1n) is 21.0. The van der Waals surface area contributed by atoms with E-state index < -0.39 is 44.7 Å². The summed E-state index contributed by atoms with van der Waals surface area (Å²) in [5.74, 6) is -1.07. The van der Waals surface area contributed by atoms with E-state index in [-0.39, 0.29) is 19.4 Å². The average Bonchev–Trinajstić information content (AvgIpc) is 3.14. The van der Waals surface area contributed by atoms with Crippen molar-refractivity contribution >= 4 is 19.8 Å². The first-order valence-corrected chi connectivity index (χ1v) is 22.5. The zero-order chi connectivity index (χ0) is 40.7. The quantitative estimate of drug-likeness (QED) is 0.0157. The van der Waals surface area contributed by atoms with Gasteiger partial charge in [-0.1, -0.05) is 183 Å². The number of aliphatic hydroxyl groups is 2. The van der Waals surface area contributed by atoms with Gasteiger partial charge in [-0.3, -0.25) is 14.1 Å². The van der Waals surface area contributed by atoms with Crippen LogP contribution < -0.4 is 0 Å². The highest BCUT2D eigenvalue weighted by Crippen LogP contribution is 2.36. The summed E-state index contributed by atoms with van der Waals surface area (Å²) in [5.41, 5.74) is 0. The number of ether oxygens (including phenoxy) is 2. The van der Waals surface area contributed by atoms with Crippen molar-refractivity contribution in [3.63, 3.8) is 0 Å². The lowest BCUT2D eigenvalue weighted by Gasteiger charge is -2.18. The van der Waals surface area contributed by atoms with E-state index in [4.69, 9.17) is 19.3 Å². The monoisotopic (exact) mass is 795 g/mol. The van der Waals surface area contributed by atoms with E-state index >= 15 is 0 Å². The third kappa shape index (κ3) is 40.9. The number of allylic oxidation sites excluding steroid dienone is 8. The van der Waals surface area contributed by atoms with Crippen LogP contribution in [0.15, 0.2) is 72.9 Å². The van der Waals surface area contributed by atoms with Crippen LogP contribution in [-0.2, 0) is 28.2 Å². The molecule has 0 heterocycles. The third-order valence-electron chi connectivity index (χ3n) is 8.66. The van der Waals surface area contributed by atoms with Gasteiger partial charge >= 0.3 is 19.8 Å². The lowest BCUT2D eigenvalue weighted by Crippen LogP contribution is -2.29. The van der Waals surface area contributed by atoms with Gasteiger partial charge in [0, 0.05) is 12.8 Å². The fourth-order valence-electron chi connectivity index (χ4n) is 5.52. The SMILES string of the molecule is CC/C=C\C[C@H](O)/C=C/C=C\C/C=C\C=C\[C@H](O)/C=C\CCCC(=O)O[C@H](COC(=O)CCCCCCCCCCCCCCCCCC)COP(=O)(O)O. The van der Waals surface area contributed by atoms with Crippen LogP contribution in [0.3, 0.4) is 0 Å². The molecule has 0 spiro atoms. The number of hydrogen-bond donors (Lipinski definition) is 4. The Morgan fingerprint density at radius 2 is 1.15 bits per heavy atom. The van der Waals surface area contributed by atoms with Gasteiger partial charge in [0.15, 0.2) is 6.10 Å². The largest absolute Gasteiger partial charge is 0.469 e. The molecule has 0 bridgehead atoms. The number of hydrogen-bond acceptors (Lipinski definition) is 8. The molecule has 11 heteroatoms. The minimum Gasteiger partial charge on any atom is -0.462 e. The summed E-state index contributed by atoms with van der Waals surface area (Å²) < 4.78 is 26.3. The van der Waals surface area contributed by atoms with Gasteiger partial charge < -0.3 is 29.5 Å². The molecule has 3 atom stereocenters. The minimum absolute atomic E-state index is 0.0239. The molecular formula is C44H75O10P. The van der Waals surface area contributed by atoms with Gasteiger partial charge in [0.25, 0.3) is 0 Å². The number of esters is 2. The van der Waals surface area contributed by atoms with Gasteiger partial charge in [-0.15, -0.1) is 0 Å². The number of phosphoric ester groups is 1. The van der Waals surface area contributed by atoms with E-state index in [9.17, 15) is 24.4 Å². The van der Waals surface area contributed by atoms with Gasteiger partial charge in [0.2, 0.25) is 0 Å². The second kappa shape index (κ2) is 38.3. The van der Waals surface area contributed by atoms with Crippen molar-refractivity contribution in [1.82, 2.24) is 0 Å². The van der Waals surface area contributed by atoms with Crippen molar-refractivity contribution in [2.45, 2.75) is 180 Å². The van der Waals surface area contributed by atoms with Crippen LogP contribution >= 0.6 is 7.82 Å². The molecule has 0 aliphatic rings. The smallest absolute Gasteiger partial charge is 0.462 e. The maximum atomic E-state index is 12.4. The number of carbonyl (C=O) groups is 2. The number of phosphoric acid groups is 1. The average molecular weight is 795 g/mol. The zero-order valence-electron chi connectivity index (χ0n) is 34.0. The fourth-order valence-corrected chi connectivity index (χ4v) is 5.89. The highest BCUT2D eigenvalue weighted by molar-refractivity contribution is 7.46. The second-order valence-electron chi connectivity index (χ2n) is 14.0. The van der Waals surface area contributed by atoms with Gasteiger partial charge in [-0.2, -0.15) is 0 Å². The number of carbonyl (C=O) groups excluding carboxylic acids is 2. The van der Waals surface area contributed by atoms with Crippen molar-refractivity contribution < 1.29 is 48.2 Å². The number of aliphatic hydroxyl groups excluding tert-OH is 2. The van der Waals surface area contributed by atoms with Crippen LogP contribution in [0.2, 0.25) is 0 Å². The molecule has 4 N–H and O–H groups in total. The molecule has 0 saturated carbocycles. The Labute approximate surface area is 333 Å². The lowest BCUT2D eigenvalue weighted by atomic mass is 10.0. The molecule has 0 aliphatic carbocycles. The van der Waals surface area contributed by atoms with Crippen molar-refractivity contribution in [3.8, 4) is 0 Å². The number of unbranched alkanes of at least 4 members (excludes halogenated alkanes) is 16. The molecule has 0 unspecified atom stereocenters. The minimum atomic E-state index is -4.81. The van der Waals surface area contributed by atoms with Gasteiger partial charge in [-0.05, 0) is 38.5 Å². The molecule has 0 fully saturated rings. The van der Waals surface area contributed by atoms with E-state index in [1.807, 2.05) is 42.5 Å². The van der Waals surface area contributed by atoms with E-state index in [1.165, 1.54) is 77.0 Å². The molecule has 10 nitrogen and oxygen atoms in total. The summed E-state index contributed by atoms with van der Waals surface area (Å²) >= 11 is 0. The van der Waals surface area contributed by atoms with Crippen LogP contribution in [0, 0.1) is 0 Å². The van der Waals surface area contributed by atoms with Crippen molar-refractivity contribution in [3.05, 3.63) is 72.9 Å². The molecule has 316 valence electrons. The first-order chi connectivity index (χ1) is 26.6. The lowest BCUT2D eigenvalue weighted by molar-refractivity contribution is -0.161. The van der Waals surface area contributed by atoms with Crippen LogP contribution in [-0.4, -0.2) is 63.5 Å². The van der Waals surface area contributed by atoms with E-state index in [0.29, 0.717) is 32.1 Å². The molecule has 0 aliphatic heterocycles. The highest BCUT2D eigenvalue weighted by atomic mass is 31.2.